The Morgan fingerprint density at radius 2 is 1.85 bits per heavy atom. The second-order valence-electron chi connectivity index (χ2n) is 10.4. The van der Waals surface area contributed by atoms with Gasteiger partial charge in [0.1, 0.15) is 11.4 Å². The zero-order valence-electron chi connectivity index (χ0n) is 19.4. The Morgan fingerprint density at radius 3 is 2.45 bits per heavy atom. The molecule has 3 fully saturated rings. The minimum Gasteiger partial charge on any atom is -0.444 e. The van der Waals surface area contributed by atoms with Crippen molar-refractivity contribution >= 4 is 17.8 Å². The first-order valence-corrected chi connectivity index (χ1v) is 11.4. The van der Waals surface area contributed by atoms with E-state index in [1.54, 1.807) is 25.7 Å². The van der Waals surface area contributed by atoms with Gasteiger partial charge in [-0.2, -0.15) is 13.2 Å². The summed E-state index contributed by atoms with van der Waals surface area (Å²) < 4.78 is 44.4. The van der Waals surface area contributed by atoms with Crippen molar-refractivity contribution in [3.63, 3.8) is 0 Å². The molecule has 2 amide bonds. The Bertz CT molecular complexity index is 924. The normalized spacial score (nSPS) is 29.5. The third kappa shape index (κ3) is 4.61. The van der Waals surface area contributed by atoms with Gasteiger partial charge in [0.25, 0.3) is 0 Å². The van der Waals surface area contributed by atoms with Crippen LogP contribution in [-0.4, -0.2) is 59.7 Å². The van der Waals surface area contributed by atoms with E-state index in [1.807, 2.05) is 4.90 Å². The van der Waals surface area contributed by atoms with Gasteiger partial charge in [-0.25, -0.2) is 9.78 Å². The number of alkyl carbamates (subject to hydrolysis) is 1. The van der Waals surface area contributed by atoms with Crippen molar-refractivity contribution in [3.8, 4) is 0 Å². The number of rotatable bonds is 3. The Kier molecular flexibility index (Phi) is 5.77. The molecule has 1 saturated heterocycles. The molecular weight excluding hydrogens is 437 g/mol. The van der Waals surface area contributed by atoms with E-state index in [1.165, 1.54) is 6.20 Å². The number of anilines is 1. The average Bonchev–Trinajstić information content (AvgIpc) is 3.08. The number of carbonyl (C=O) groups is 2. The van der Waals surface area contributed by atoms with Crippen molar-refractivity contribution in [2.24, 2.45) is 17.3 Å². The van der Waals surface area contributed by atoms with Crippen LogP contribution >= 0.6 is 0 Å². The Labute approximate surface area is 191 Å². The van der Waals surface area contributed by atoms with Gasteiger partial charge < -0.3 is 19.9 Å². The smallest absolute Gasteiger partial charge is 0.416 e. The molecule has 1 aromatic heterocycles. The van der Waals surface area contributed by atoms with E-state index >= 15 is 0 Å². The summed E-state index contributed by atoms with van der Waals surface area (Å²) in [5.74, 6) is 0.846. The number of amides is 2. The summed E-state index contributed by atoms with van der Waals surface area (Å²) in [4.78, 5) is 33.3. The van der Waals surface area contributed by atoms with Crippen LogP contribution in [0.4, 0.5) is 23.8 Å². The summed E-state index contributed by atoms with van der Waals surface area (Å²) in [5.41, 5.74) is -1.77. The van der Waals surface area contributed by atoms with Gasteiger partial charge in [-0.1, -0.05) is 6.92 Å². The lowest BCUT2D eigenvalue weighted by Crippen LogP contribution is -2.51. The van der Waals surface area contributed by atoms with Crippen LogP contribution in [0, 0.1) is 17.3 Å². The molecule has 0 radical (unpaired) electrons. The van der Waals surface area contributed by atoms with Crippen LogP contribution in [0.5, 0.6) is 0 Å². The molecule has 0 spiro atoms. The van der Waals surface area contributed by atoms with Crippen LogP contribution in [0.3, 0.4) is 0 Å². The predicted molar refractivity (Wildman–Crippen MR) is 116 cm³/mol. The summed E-state index contributed by atoms with van der Waals surface area (Å²) >= 11 is 0. The largest absolute Gasteiger partial charge is 0.444 e. The first-order chi connectivity index (χ1) is 15.3. The zero-order chi connectivity index (χ0) is 24.2. The van der Waals surface area contributed by atoms with Crippen LogP contribution in [-0.2, 0) is 15.7 Å². The second-order valence-corrected chi connectivity index (χ2v) is 10.4. The summed E-state index contributed by atoms with van der Waals surface area (Å²) in [6.45, 7) is 9.21. The lowest BCUT2D eigenvalue weighted by molar-refractivity contribution is -0.138. The monoisotopic (exact) mass is 468 g/mol. The first-order valence-electron chi connectivity index (χ1n) is 11.4. The molecule has 7 nitrogen and oxygen atoms in total. The number of piperazine rings is 1. The van der Waals surface area contributed by atoms with Crippen molar-refractivity contribution in [3.05, 3.63) is 23.9 Å². The Hall–Kier alpha value is -2.52. The standard InChI is InChI=1S/C23H31F3N4O3/c1-14-17-12-16(28-20(32)33-21(2,3)4)13-22(14,17)19(31)30-9-7-29(8-10-30)18-11-15(5-6-27-18)23(24,25)26/h5-6,11,14,16-17H,7-10,12-13H2,1-4H3,(H,28,32)/t14?,16-,17?,22+/m1/s1. The van der Waals surface area contributed by atoms with Gasteiger partial charge >= 0.3 is 12.3 Å². The molecule has 2 heterocycles. The quantitative estimate of drug-likeness (QED) is 0.733. The number of hydrogen-bond donors (Lipinski definition) is 1. The van der Waals surface area contributed by atoms with Crippen LogP contribution in [0.1, 0.15) is 46.1 Å². The van der Waals surface area contributed by atoms with Gasteiger partial charge in [0.2, 0.25) is 5.91 Å². The molecule has 2 aliphatic carbocycles. The predicted octanol–water partition coefficient (Wildman–Crippen LogP) is 3.69. The van der Waals surface area contributed by atoms with Crippen molar-refractivity contribution in [2.75, 3.05) is 31.1 Å². The molecular formula is C23H31F3N4O3. The van der Waals surface area contributed by atoms with E-state index in [4.69, 9.17) is 4.74 Å². The van der Waals surface area contributed by atoms with E-state index < -0.39 is 28.8 Å². The van der Waals surface area contributed by atoms with Gasteiger partial charge in [-0.15, -0.1) is 0 Å². The van der Waals surface area contributed by atoms with Gasteiger partial charge in [0.15, 0.2) is 0 Å². The molecule has 1 N–H and O–H groups in total. The summed E-state index contributed by atoms with van der Waals surface area (Å²) in [5, 5.41) is 2.91. The lowest BCUT2D eigenvalue weighted by Gasteiger charge is -2.37. The van der Waals surface area contributed by atoms with Crippen molar-refractivity contribution in [1.82, 2.24) is 15.2 Å². The van der Waals surface area contributed by atoms with E-state index in [0.29, 0.717) is 32.6 Å². The number of alkyl halides is 3. The molecule has 1 aliphatic heterocycles. The van der Waals surface area contributed by atoms with E-state index in [0.717, 1.165) is 18.6 Å². The maximum absolute atomic E-state index is 13.5. The molecule has 4 rings (SSSR count). The third-order valence-electron chi connectivity index (χ3n) is 7.17. The average molecular weight is 469 g/mol. The zero-order valence-corrected chi connectivity index (χ0v) is 19.4. The van der Waals surface area contributed by atoms with Crippen molar-refractivity contribution in [2.45, 2.75) is 58.4 Å². The van der Waals surface area contributed by atoms with Gasteiger partial charge in [-0.05, 0) is 57.6 Å². The first kappa shape index (κ1) is 23.6. The molecule has 2 saturated carbocycles. The van der Waals surface area contributed by atoms with Crippen LogP contribution in [0.2, 0.25) is 0 Å². The van der Waals surface area contributed by atoms with Crippen LogP contribution in [0.25, 0.3) is 0 Å². The fourth-order valence-electron chi connectivity index (χ4n) is 5.50. The molecule has 4 atom stereocenters. The molecule has 3 aliphatic rings. The Morgan fingerprint density at radius 1 is 1.18 bits per heavy atom. The SMILES string of the molecule is CC1C2C[C@@H](NC(=O)OC(C)(C)C)C[C@]12C(=O)N1CCN(c2cc(C(F)(F)F)ccn2)CC1. The van der Waals surface area contributed by atoms with E-state index in [2.05, 4.69) is 17.2 Å². The highest BCUT2D eigenvalue weighted by molar-refractivity contribution is 5.88. The minimum atomic E-state index is -4.42. The molecule has 0 bridgehead atoms. The molecule has 182 valence electrons. The summed E-state index contributed by atoms with van der Waals surface area (Å²) in [7, 11) is 0. The number of ether oxygens (including phenoxy) is 1. The molecule has 2 unspecified atom stereocenters. The van der Waals surface area contributed by atoms with Crippen molar-refractivity contribution < 1.29 is 27.5 Å². The third-order valence-corrected chi connectivity index (χ3v) is 7.17. The fraction of sp³-hybridized carbons (Fsp3) is 0.696. The Balaban J connectivity index is 1.35. The number of nitrogens with one attached hydrogen (secondary N) is 1. The summed E-state index contributed by atoms with van der Waals surface area (Å²) in [6, 6.07) is 1.92. The topological polar surface area (TPSA) is 74.8 Å². The number of carbonyl (C=O) groups excluding carboxylic acids is 2. The maximum atomic E-state index is 13.5. The number of aromatic nitrogens is 1. The lowest BCUT2D eigenvalue weighted by atomic mass is 9.96. The maximum Gasteiger partial charge on any atom is 0.416 e. The molecule has 10 heteroatoms. The number of nitrogens with zero attached hydrogens (tertiary/aromatic N) is 3. The number of pyridine rings is 1. The van der Waals surface area contributed by atoms with Gasteiger partial charge in [0.05, 0.1) is 11.0 Å². The van der Waals surface area contributed by atoms with Gasteiger partial charge in [-0.3, -0.25) is 4.79 Å². The highest BCUT2D eigenvalue weighted by atomic mass is 19.4. The van der Waals surface area contributed by atoms with Gasteiger partial charge in [0, 0.05) is 38.4 Å². The molecule has 0 aromatic carbocycles. The number of halogens is 3. The highest BCUT2D eigenvalue weighted by Gasteiger charge is 2.71. The van der Waals surface area contributed by atoms with E-state index in [9.17, 15) is 22.8 Å². The fourth-order valence-corrected chi connectivity index (χ4v) is 5.50. The molecule has 1 aromatic rings. The van der Waals surface area contributed by atoms with Crippen LogP contribution in [0.15, 0.2) is 18.3 Å². The number of fused-ring (bicyclic) bond motifs is 1. The van der Waals surface area contributed by atoms with E-state index in [-0.39, 0.29) is 29.6 Å². The summed E-state index contributed by atoms with van der Waals surface area (Å²) in [6.07, 6.45) is -2.38. The second kappa shape index (κ2) is 8.06. The number of hydrogen-bond acceptors (Lipinski definition) is 5. The van der Waals surface area contributed by atoms with Crippen LogP contribution < -0.4 is 10.2 Å². The minimum absolute atomic E-state index is 0.0881. The molecule has 33 heavy (non-hydrogen) atoms. The van der Waals surface area contributed by atoms with Crippen molar-refractivity contribution in [1.29, 1.82) is 0 Å². The highest BCUT2D eigenvalue weighted by Crippen LogP contribution is 2.68.